The highest BCUT2D eigenvalue weighted by Gasteiger charge is 2.13. The Kier molecular flexibility index (Phi) is 3.97. The largest absolute Gasteiger partial charge is 0.373 e. The summed E-state index contributed by atoms with van der Waals surface area (Å²) < 4.78 is 33.0. The smallest absolute Gasteiger partial charge is 0.282 e. The van der Waals surface area contributed by atoms with Crippen molar-refractivity contribution in [1.82, 2.24) is 0 Å². The van der Waals surface area contributed by atoms with E-state index in [0.717, 1.165) is 5.56 Å². The topological polar surface area (TPSA) is 55.7 Å². The van der Waals surface area contributed by atoms with Crippen molar-refractivity contribution in [3.8, 4) is 0 Å². The first kappa shape index (κ1) is 13.7. The van der Waals surface area contributed by atoms with Crippen molar-refractivity contribution in [2.75, 3.05) is 7.11 Å². The number of aryl methyl sites for hydroxylation is 1. The number of methoxy groups -OCH3 is 1. The minimum Gasteiger partial charge on any atom is -0.373 e. The molecule has 5 heteroatoms. The molecule has 2 rings (SSSR count). The standard InChI is InChI=1S/C14H15NO3S/c1-11-3-9-14(10-4-11)19(16,17)15-12-5-7-13(18-2)8-6-12/h3-10,13H,1-2H3. The van der Waals surface area contributed by atoms with Crippen LogP contribution in [0.25, 0.3) is 0 Å². The zero-order valence-corrected chi connectivity index (χ0v) is 11.6. The molecule has 1 aromatic rings. The average Bonchev–Trinajstić information content (AvgIpc) is 2.40. The Morgan fingerprint density at radius 2 is 1.68 bits per heavy atom. The molecule has 1 aliphatic carbocycles. The van der Waals surface area contributed by atoms with Crippen LogP contribution in [-0.2, 0) is 14.8 Å². The third-order valence-electron chi connectivity index (χ3n) is 2.73. The molecule has 1 aliphatic rings. The van der Waals surface area contributed by atoms with Gasteiger partial charge in [0, 0.05) is 7.11 Å². The van der Waals surface area contributed by atoms with Gasteiger partial charge in [-0.1, -0.05) is 17.7 Å². The van der Waals surface area contributed by atoms with Crippen LogP contribution in [0.4, 0.5) is 0 Å². The van der Waals surface area contributed by atoms with Crippen molar-refractivity contribution in [3.63, 3.8) is 0 Å². The molecule has 0 saturated carbocycles. The number of sulfonamides is 1. The summed E-state index contributed by atoms with van der Waals surface area (Å²) in [6, 6.07) is 6.62. The van der Waals surface area contributed by atoms with E-state index in [4.69, 9.17) is 4.74 Å². The Labute approximate surface area is 113 Å². The highest BCUT2D eigenvalue weighted by atomic mass is 32.2. The number of rotatable bonds is 3. The Balaban J connectivity index is 2.27. The summed E-state index contributed by atoms with van der Waals surface area (Å²) in [5.74, 6) is 0. The lowest BCUT2D eigenvalue weighted by Gasteiger charge is -2.09. The summed E-state index contributed by atoms with van der Waals surface area (Å²) in [6.07, 6.45) is 6.66. The lowest BCUT2D eigenvalue weighted by Crippen LogP contribution is -2.10. The number of allylic oxidation sites excluding steroid dienone is 2. The molecule has 0 fully saturated rings. The molecular weight excluding hydrogens is 262 g/mol. The van der Waals surface area contributed by atoms with E-state index in [9.17, 15) is 8.42 Å². The van der Waals surface area contributed by atoms with Crippen molar-refractivity contribution >= 4 is 15.7 Å². The third-order valence-corrected chi connectivity index (χ3v) is 4.05. The van der Waals surface area contributed by atoms with E-state index in [0.29, 0.717) is 5.71 Å². The van der Waals surface area contributed by atoms with Gasteiger partial charge in [0.15, 0.2) is 0 Å². The maximum absolute atomic E-state index is 12.1. The van der Waals surface area contributed by atoms with Gasteiger partial charge in [-0.15, -0.1) is 0 Å². The first-order valence-electron chi connectivity index (χ1n) is 5.82. The van der Waals surface area contributed by atoms with Gasteiger partial charge in [-0.2, -0.15) is 12.8 Å². The Morgan fingerprint density at radius 1 is 1.11 bits per heavy atom. The van der Waals surface area contributed by atoms with Crippen LogP contribution in [0.3, 0.4) is 0 Å². The van der Waals surface area contributed by atoms with Crippen molar-refractivity contribution < 1.29 is 13.2 Å². The zero-order valence-electron chi connectivity index (χ0n) is 10.8. The third kappa shape index (κ3) is 3.39. The van der Waals surface area contributed by atoms with E-state index in [1.165, 1.54) is 0 Å². The summed E-state index contributed by atoms with van der Waals surface area (Å²) in [6.45, 7) is 1.90. The molecule has 4 nitrogen and oxygen atoms in total. The Hall–Kier alpha value is -1.72. The Morgan fingerprint density at radius 3 is 2.21 bits per heavy atom. The first-order chi connectivity index (χ1) is 9.01. The fraction of sp³-hybridized carbons (Fsp3) is 0.214. The van der Waals surface area contributed by atoms with E-state index in [1.807, 2.05) is 6.92 Å². The molecule has 0 atom stereocenters. The number of nitrogens with zero attached hydrogens (tertiary/aromatic N) is 1. The van der Waals surface area contributed by atoms with Gasteiger partial charge in [-0.25, -0.2) is 0 Å². The van der Waals surface area contributed by atoms with Crippen LogP contribution in [0.15, 0.2) is 57.9 Å². The molecule has 0 saturated heterocycles. The lowest BCUT2D eigenvalue weighted by molar-refractivity contribution is 0.177. The quantitative estimate of drug-likeness (QED) is 0.851. The van der Waals surface area contributed by atoms with Crippen LogP contribution in [0.2, 0.25) is 0 Å². The highest BCUT2D eigenvalue weighted by molar-refractivity contribution is 7.90. The molecule has 100 valence electrons. The highest BCUT2D eigenvalue weighted by Crippen LogP contribution is 2.14. The molecule has 0 radical (unpaired) electrons. The second kappa shape index (κ2) is 5.50. The van der Waals surface area contributed by atoms with Crippen LogP contribution >= 0.6 is 0 Å². The lowest BCUT2D eigenvalue weighted by atomic mass is 10.1. The average molecular weight is 277 g/mol. The number of hydrogen-bond donors (Lipinski definition) is 0. The fourth-order valence-electron chi connectivity index (χ4n) is 1.63. The SMILES string of the molecule is COC1C=CC(=NS(=O)(=O)c2ccc(C)cc2)C=C1. The molecule has 0 amide bonds. The molecule has 0 heterocycles. The van der Waals surface area contributed by atoms with Crippen LogP contribution in [-0.4, -0.2) is 27.3 Å². The summed E-state index contributed by atoms with van der Waals surface area (Å²) in [5, 5.41) is 0. The minimum atomic E-state index is -3.66. The minimum absolute atomic E-state index is 0.124. The van der Waals surface area contributed by atoms with E-state index in [-0.39, 0.29) is 11.0 Å². The Bertz CT molecular complexity index is 624. The van der Waals surface area contributed by atoms with E-state index in [1.54, 1.807) is 55.7 Å². The molecule has 19 heavy (non-hydrogen) atoms. The van der Waals surface area contributed by atoms with E-state index in [2.05, 4.69) is 4.40 Å². The first-order valence-corrected chi connectivity index (χ1v) is 7.26. The van der Waals surface area contributed by atoms with Gasteiger partial charge in [-0.05, 0) is 43.4 Å². The maximum Gasteiger partial charge on any atom is 0.282 e. The second-order valence-corrected chi connectivity index (χ2v) is 5.83. The number of ether oxygens (including phenoxy) is 1. The molecule has 0 aromatic heterocycles. The summed E-state index contributed by atoms with van der Waals surface area (Å²) in [4.78, 5) is 0.196. The van der Waals surface area contributed by atoms with Crippen molar-refractivity contribution in [1.29, 1.82) is 0 Å². The molecule has 1 aromatic carbocycles. The molecule has 0 bridgehead atoms. The monoisotopic (exact) mass is 277 g/mol. The number of hydrogen-bond acceptors (Lipinski definition) is 3. The van der Waals surface area contributed by atoms with Crippen molar-refractivity contribution in [2.45, 2.75) is 17.9 Å². The van der Waals surface area contributed by atoms with Crippen molar-refractivity contribution in [2.24, 2.45) is 4.40 Å². The van der Waals surface area contributed by atoms with E-state index < -0.39 is 10.0 Å². The van der Waals surface area contributed by atoms with Crippen LogP contribution in [0, 0.1) is 6.92 Å². The van der Waals surface area contributed by atoms with Gasteiger partial charge in [0.05, 0.1) is 16.7 Å². The normalized spacial score (nSPS) is 18.6. The van der Waals surface area contributed by atoms with Gasteiger partial charge in [0.1, 0.15) is 0 Å². The molecule has 0 unspecified atom stereocenters. The van der Waals surface area contributed by atoms with Crippen molar-refractivity contribution in [3.05, 3.63) is 54.1 Å². The van der Waals surface area contributed by atoms with Gasteiger partial charge in [0.25, 0.3) is 10.0 Å². The predicted molar refractivity (Wildman–Crippen MR) is 74.9 cm³/mol. The van der Waals surface area contributed by atoms with Crippen LogP contribution in [0.1, 0.15) is 5.56 Å². The summed E-state index contributed by atoms with van der Waals surface area (Å²) in [5.41, 5.74) is 1.40. The van der Waals surface area contributed by atoms with Gasteiger partial charge < -0.3 is 4.74 Å². The van der Waals surface area contributed by atoms with E-state index >= 15 is 0 Å². The van der Waals surface area contributed by atoms with Crippen LogP contribution in [0.5, 0.6) is 0 Å². The number of benzene rings is 1. The maximum atomic E-state index is 12.1. The zero-order chi connectivity index (χ0) is 13.9. The predicted octanol–water partition coefficient (Wildman–Crippen LogP) is 2.27. The molecule has 0 aliphatic heterocycles. The van der Waals surface area contributed by atoms with Gasteiger partial charge in [-0.3, -0.25) is 0 Å². The van der Waals surface area contributed by atoms with Crippen LogP contribution < -0.4 is 0 Å². The summed E-state index contributed by atoms with van der Waals surface area (Å²) >= 11 is 0. The molecule has 0 spiro atoms. The summed E-state index contributed by atoms with van der Waals surface area (Å²) in [7, 11) is -2.07. The fourth-order valence-corrected chi connectivity index (χ4v) is 2.61. The second-order valence-electron chi connectivity index (χ2n) is 4.22. The van der Waals surface area contributed by atoms with Gasteiger partial charge in [0.2, 0.25) is 0 Å². The molecule has 0 N–H and O–H groups in total. The molecular formula is C14H15NO3S. The van der Waals surface area contributed by atoms with Gasteiger partial charge >= 0.3 is 0 Å².